The zero-order valence-corrected chi connectivity index (χ0v) is 59.9. The van der Waals surface area contributed by atoms with Crippen LogP contribution in [0.1, 0.15) is 374 Å². The number of ether oxygens (including phenoxy) is 4. The van der Waals surface area contributed by atoms with Gasteiger partial charge in [0.1, 0.15) is 19.3 Å². The zero-order chi connectivity index (χ0) is 66.1. The number of aliphatic hydroxyl groups is 1. The van der Waals surface area contributed by atoms with Gasteiger partial charge in [0.2, 0.25) is 0 Å². The van der Waals surface area contributed by atoms with E-state index in [0.29, 0.717) is 25.7 Å². The first kappa shape index (κ1) is 88.1. The highest BCUT2D eigenvalue weighted by Crippen LogP contribution is 2.45. The van der Waals surface area contributed by atoms with Gasteiger partial charge in [-0.15, -0.1) is 0 Å². The van der Waals surface area contributed by atoms with Crippen LogP contribution >= 0.6 is 15.6 Å². The monoisotopic (exact) mass is 1320 g/mol. The van der Waals surface area contributed by atoms with Gasteiger partial charge in [0.25, 0.3) is 0 Å². The first-order chi connectivity index (χ1) is 43.7. The van der Waals surface area contributed by atoms with Gasteiger partial charge in [0, 0.05) is 25.7 Å². The third-order valence-electron chi connectivity index (χ3n) is 16.6. The quantitative estimate of drug-likeness (QED) is 0.0222. The fourth-order valence-corrected chi connectivity index (χ4v) is 12.4. The van der Waals surface area contributed by atoms with Gasteiger partial charge in [-0.05, 0) is 25.7 Å². The molecule has 5 atom stereocenters. The van der Waals surface area contributed by atoms with Crippen LogP contribution in [0.5, 0.6) is 0 Å². The molecule has 0 spiro atoms. The number of rotatable bonds is 72. The molecule has 0 aromatic rings. The minimum atomic E-state index is -4.95. The lowest BCUT2D eigenvalue weighted by molar-refractivity contribution is -0.161. The number of phosphoric acid groups is 2. The van der Waals surface area contributed by atoms with E-state index < -0.39 is 97.5 Å². The first-order valence-electron chi connectivity index (χ1n) is 37.3. The van der Waals surface area contributed by atoms with E-state index in [2.05, 4.69) is 27.7 Å². The number of phosphoric ester groups is 2. The number of unbranched alkanes of at least 4 members (excludes halogenated alkanes) is 46. The molecule has 19 heteroatoms. The van der Waals surface area contributed by atoms with Crippen LogP contribution in [0.4, 0.5) is 0 Å². The molecule has 2 unspecified atom stereocenters. The van der Waals surface area contributed by atoms with E-state index >= 15 is 0 Å². The van der Waals surface area contributed by atoms with Crippen molar-refractivity contribution in [2.45, 2.75) is 393 Å². The summed E-state index contributed by atoms with van der Waals surface area (Å²) in [5, 5.41) is 10.5. The zero-order valence-electron chi connectivity index (χ0n) is 58.1. The van der Waals surface area contributed by atoms with Gasteiger partial charge in [-0.3, -0.25) is 37.3 Å². The Hall–Kier alpha value is -1.94. The van der Waals surface area contributed by atoms with Crippen LogP contribution in [0, 0.1) is 0 Å². The lowest BCUT2D eigenvalue weighted by atomic mass is 10.0. The Morgan fingerprint density at radius 3 is 0.656 bits per heavy atom. The van der Waals surface area contributed by atoms with Gasteiger partial charge < -0.3 is 33.8 Å². The Bertz CT molecular complexity index is 1720. The molecule has 0 aliphatic carbocycles. The van der Waals surface area contributed by atoms with Gasteiger partial charge in [-0.1, -0.05) is 323 Å². The molecule has 0 heterocycles. The van der Waals surface area contributed by atoms with E-state index in [4.69, 9.17) is 37.0 Å². The second kappa shape index (κ2) is 65.7. The van der Waals surface area contributed by atoms with Gasteiger partial charge in [0.15, 0.2) is 12.2 Å². The maximum Gasteiger partial charge on any atom is 0.472 e. The molecule has 0 rings (SSSR count). The first-order valence-corrected chi connectivity index (χ1v) is 40.3. The molecular weight excluding hydrogens is 1190 g/mol. The van der Waals surface area contributed by atoms with Crippen molar-refractivity contribution in [2.75, 3.05) is 39.6 Å². The predicted octanol–water partition coefficient (Wildman–Crippen LogP) is 20.7. The lowest BCUT2D eigenvalue weighted by Gasteiger charge is -2.21. The third kappa shape index (κ3) is 64.8. The Labute approximate surface area is 549 Å². The number of hydrogen-bond donors (Lipinski definition) is 3. The van der Waals surface area contributed by atoms with Crippen LogP contribution in [-0.2, 0) is 65.4 Å². The average molecular weight is 1330 g/mol. The minimum Gasteiger partial charge on any atom is -0.462 e. The summed E-state index contributed by atoms with van der Waals surface area (Å²) < 4.78 is 67.9. The molecule has 0 saturated carbocycles. The number of carbonyl (C=O) groups excluding carboxylic acids is 4. The maximum absolute atomic E-state index is 13.0. The molecule has 0 aromatic heterocycles. The number of aliphatic hydroxyl groups excluding tert-OH is 1. The van der Waals surface area contributed by atoms with Crippen LogP contribution in [0.15, 0.2) is 0 Å². The fourth-order valence-electron chi connectivity index (χ4n) is 10.9. The van der Waals surface area contributed by atoms with Crippen molar-refractivity contribution in [1.29, 1.82) is 0 Å². The maximum atomic E-state index is 13.0. The Morgan fingerprint density at radius 2 is 0.444 bits per heavy atom. The molecule has 17 nitrogen and oxygen atoms in total. The molecule has 0 amide bonds. The molecule has 90 heavy (non-hydrogen) atoms. The molecule has 0 aliphatic rings. The van der Waals surface area contributed by atoms with Gasteiger partial charge in [-0.2, -0.15) is 0 Å². The second-order valence-corrected chi connectivity index (χ2v) is 28.5. The standard InChI is InChI=1S/C71H138O17P2/c1-5-9-13-17-20-22-24-26-28-30-32-34-36-38-40-42-45-48-52-56-69(74)82-62-67(88-71(76)58-54-50-46-43-41-39-37-35-33-31-29-27-25-23-21-18-14-10-6-2)64-86-90(79,80)84-60-65(72)59-83-89(77,78)85-63-66(61-81-68(73)55-51-47-16-12-8-4)87-70(75)57-53-49-44-19-15-11-7-3/h65-67,72H,5-64H2,1-4H3,(H,77,78)(H,79,80)/t65-,66+,67+/m0/s1. The summed E-state index contributed by atoms with van der Waals surface area (Å²) in [5.41, 5.74) is 0. The van der Waals surface area contributed by atoms with Crippen LogP contribution in [0.3, 0.4) is 0 Å². The Balaban J connectivity index is 5.08. The summed E-state index contributed by atoms with van der Waals surface area (Å²) in [5.74, 6) is -2.14. The molecule has 0 aromatic carbocycles. The highest BCUT2D eigenvalue weighted by atomic mass is 31.2. The van der Waals surface area contributed by atoms with E-state index in [1.165, 1.54) is 186 Å². The molecule has 0 fully saturated rings. The molecular formula is C71H138O17P2. The molecule has 0 saturated heterocycles. The normalized spacial score (nSPS) is 14.0. The topological polar surface area (TPSA) is 237 Å². The van der Waals surface area contributed by atoms with Crippen molar-refractivity contribution >= 4 is 39.5 Å². The van der Waals surface area contributed by atoms with Crippen molar-refractivity contribution in [3.05, 3.63) is 0 Å². The summed E-state index contributed by atoms with van der Waals surface area (Å²) >= 11 is 0. The smallest absolute Gasteiger partial charge is 0.462 e. The number of esters is 4. The summed E-state index contributed by atoms with van der Waals surface area (Å²) in [7, 11) is -9.88. The average Bonchev–Trinajstić information content (AvgIpc) is 2.37. The number of hydrogen-bond acceptors (Lipinski definition) is 15. The van der Waals surface area contributed by atoms with Crippen molar-refractivity contribution in [2.24, 2.45) is 0 Å². The molecule has 0 aliphatic heterocycles. The Morgan fingerprint density at radius 1 is 0.267 bits per heavy atom. The van der Waals surface area contributed by atoms with Crippen LogP contribution in [-0.4, -0.2) is 96.7 Å². The summed E-state index contributed by atoms with van der Waals surface area (Å²) in [6.45, 7) is 4.81. The van der Waals surface area contributed by atoms with Crippen LogP contribution < -0.4 is 0 Å². The summed E-state index contributed by atoms with van der Waals surface area (Å²) in [6.07, 6.45) is 54.9. The van der Waals surface area contributed by atoms with Crippen LogP contribution in [0.25, 0.3) is 0 Å². The highest BCUT2D eigenvalue weighted by Gasteiger charge is 2.30. The molecule has 0 radical (unpaired) electrons. The highest BCUT2D eigenvalue weighted by molar-refractivity contribution is 7.47. The van der Waals surface area contributed by atoms with Crippen molar-refractivity contribution in [3.8, 4) is 0 Å². The predicted molar refractivity (Wildman–Crippen MR) is 363 cm³/mol. The SMILES string of the molecule is CCCCCCCCCCCCCCCCCCCCCC(=O)OC[C@H](COP(=O)(O)OC[C@@H](O)COP(=O)(O)OC[C@@H](COC(=O)CCCCCCC)OC(=O)CCCCCCCCC)OC(=O)CCCCCCCCCCCCCCCCCCCCC. The van der Waals surface area contributed by atoms with E-state index in [9.17, 15) is 43.2 Å². The number of carbonyl (C=O) groups is 4. The van der Waals surface area contributed by atoms with E-state index in [1.54, 1.807) is 0 Å². The van der Waals surface area contributed by atoms with Crippen LogP contribution in [0.2, 0.25) is 0 Å². The molecule has 3 N–H and O–H groups in total. The van der Waals surface area contributed by atoms with Gasteiger partial charge in [0.05, 0.1) is 26.4 Å². The third-order valence-corrected chi connectivity index (χ3v) is 18.5. The summed E-state index contributed by atoms with van der Waals surface area (Å²) in [4.78, 5) is 72.1. The minimum absolute atomic E-state index is 0.103. The van der Waals surface area contributed by atoms with Crippen molar-refractivity contribution < 1.29 is 80.2 Å². The van der Waals surface area contributed by atoms with E-state index in [-0.39, 0.29) is 25.7 Å². The summed E-state index contributed by atoms with van der Waals surface area (Å²) in [6, 6.07) is 0. The largest absolute Gasteiger partial charge is 0.472 e. The second-order valence-electron chi connectivity index (χ2n) is 25.6. The lowest BCUT2D eigenvalue weighted by Crippen LogP contribution is -2.30. The molecule has 534 valence electrons. The molecule has 0 bridgehead atoms. The van der Waals surface area contributed by atoms with Crippen molar-refractivity contribution in [1.82, 2.24) is 0 Å². The van der Waals surface area contributed by atoms with Gasteiger partial charge >= 0.3 is 39.5 Å². The van der Waals surface area contributed by atoms with Gasteiger partial charge in [-0.25, -0.2) is 9.13 Å². The van der Waals surface area contributed by atoms with E-state index in [0.717, 1.165) is 109 Å². The van der Waals surface area contributed by atoms with Crippen molar-refractivity contribution in [3.63, 3.8) is 0 Å². The van der Waals surface area contributed by atoms with E-state index in [1.807, 2.05) is 0 Å². The fraction of sp³-hybridized carbons (Fsp3) is 0.944. The Kier molecular flexibility index (Phi) is 64.3.